The third kappa shape index (κ3) is 7.23. The summed E-state index contributed by atoms with van der Waals surface area (Å²) in [6.45, 7) is 2.15. The van der Waals surface area contributed by atoms with Crippen LogP contribution in [0.25, 0.3) is 49.9 Å². The Bertz CT molecular complexity index is 3780. The number of alkyl halides is 2. The van der Waals surface area contributed by atoms with E-state index in [1.54, 1.807) is 12.1 Å². The number of benzene rings is 7. The summed E-state index contributed by atoms with van der Waals surface area (Å²) >= 11 is 0. The van der Waals surface area contributed by atoms with Gasteiger partial charge in [0.25, 0.3) is 5.92 Å². The number of pyridine rings is 1. The summed E-state index contributed by atoms with van der Waals surface area (Å²) in [4.78, 5) is 11.6. The quantitative estimate of drug-likeness (QED) is 0.106. The normalized spacial score (nSPS) is 22.1. The fourth-order valence-corrected chi connectivity index (χ4v) is 14.7. The molecule has 5 nitrogen and oxygen atoms in total. The fourth-order valence-electron chi connectivity index (χ4n) is 14.7. The molecule has 7 aliphatic rings. The van der Waals surface area contributed by atoms with Crippen molar-refractivity contribution in [1.29, 1.82) is 0 Å². The van der Waals surface area contributed by atoms with Gasteiger partial charge in [0.2, 0.25) is 0 Å². The molecule has 0 radical (unpaired) electrons. The molecule has 0 amide bonds. The van der Waals surface area contributed by atoms with Crippen LogP contribution in [0.15, 0.2) is 224 Å². The summed E-state index contributed by atoms with van der Waals surface area (Å²) < 4.78 is 37.5. The molecular formula is C67H51BF2N5Pt-3. The number of nitrogens with zero attached hydrogens (tertiary/aromatic N) is 5. The number of aromatic nitrogens is 2. The van der Waals surface area contributed by atoms with Gasteiger partial charge in [0, 0.05) is 66.4 Å². The van der Waals surface area contributed by atoms with Gasteiger partial charge in [-0.3, -0.25) is 0 Å². The van der Waals surface area contributed by atoms with E-state index < -0.39 is 5.92 Å². The van der Waals surface area contributed by atoms with Crippen LogP contribution in [0.2, 0.25) is 0 Å². The second-order valence-electron chi connectivity index (χ2n) is 21.4. The molecule has 3 aliphatic heterocycles. The average Bonchev–Trinajstić information content (AvgIpc) is 4.16. The van der Waals surface area contributed by atoms with Gasteiger partial charge >= 0.3 is 6.85 Å². The first kappa shape index (κ1) is 47.0. The van der Waals surface area contributed by atoms with Crippen LogP contribution in [0, 0.1) is 42.5 Å². The van der Waals surface area contributed by atoms with Crippen LogP contribution in [0.1, 0.15) is 48.8 Å². The van der Waals surface area contributed by atoms with Gasteiger partial charge < -0.3 is 19.2 Å². The van der Waals surface area contributed by atoms with Crippen molar-refractivity contribution < 1.29 is 29.8 Å². The summed E-state index contributed by atoms with van der Waals surface area (Å²) in [5.41, 5.74) is 11.1. The SMILES string of the molecule is FC(F)(c1[c-]c(N2[CH-]N(c3c(-c4ccccc4)cccc3-c3ccccc3)c3ccccc32)ccc1)c1[c-]c2c(cc1)c1ccccc1n2-c1cc(C2(C3=CC=CN4C=CC=CB34)C3CC4CC(C3)CC2C4)ccn1.[Pt]. The molecule has 16 rings (SSSR count). The van der Waals surface area contributed by atoms with Crippen LogP contribution in [-0.2, 0) is 32.4 Å². The van der Waals surface area contributed by atoms with E-state index in [2.05, 4.69) is 166 Å². The minimum atomic E-state index is -3.46. The number of rotatable bonds is 9. The molecule has 374 valence electrons. The monoisotopic (exact) mass is 1170 g/mol. The molecule has 9 heteroatoms. The number of para-hydroxylation sites is 4. The third-order valence-electron chi connectivity index (χ3n) is 17.6. The number of halogens is 2. The Kier molecular flexibility index (Phi) is 11.3. The first-order valence-corrected chi connectivity index (χ1v) is 26.5. The van der Waals surface area contributed by atoms with Gasteiger partial charge in [-0.15, -0.1) is 23.8 Å². The maximum atomic E-state index is 17.7. The van der Waals surface area contributed by atoms with Crippen LogP contribution in [0.5, 0.6) is 0 Å². The van der Waals surface area contributed by atoms with Gasteiger partial charge in [-0.2, -0.15) is 36.4 Å². The predicted molar refractivity (Wildman–Crippen MR) is 300 cm³/mol. The molecule has 4 saturated carbocycles. The Labute approximate surface area is 457 Å². The molecular weight excluding hydrogens is 1120 g/mol. The number of hydrogen-bond acceptors (Lipinski definition) is 4. The average molecular weight is 1170 g/mol. The zero-order valence-electron chi connectivity index (χ0n) is 41.6. The largest absolute Gasteiger partial charge is 0.493 e. The maximum absolute atomic E-state index is 17.7. The van der Waals surface area contributed by atoms with Gasteiger partial charge in [0.1, 0.15) is 5.82 Å². The number of anilines is 4. The summed E-state index contributed by atoms with van der Waals surface area (Å²) in [7, 11) is 0. The van der Waals surface area contributed by atoms with Crippen molar-refractivity contribution in [3.8, 4) is 28.1 Å². The molecule has 4 aliphatic carbocycles. The predicted octanol–water partition coefficient (Wildman–Crippen LogP) is 16.3. The number of fused-ring (bicyclic) bond motifs is 5. The Morgan fingerprint density at radius 2 is 1.25 bits per heavy atom. The van der Waals surface area contributed by atoms with E-state index in [9.17, 15) is 0 Å². The Balaban J connectivity index is 0.00000528. The van der Waals surface area contributed by atoms with Gasteiger partial charge in [-0.25, -0.2) is 13.8 Å². The van der Waals surface area contributed by atoms with Crippen LogP contribution in [0.3, 0.4) is 0 Å². The summed E-state index contributed by atoms with van der Waals surface area (Å²) in [5, 5.41) is 1.82. The van der Waals surface area contributed by atoms with Crippen LogP contribution >= 0.6 is 0 Å². The summed E-state index contributed by atoms with van der Waals surface area (Å²) in [6, 6.07) is 63.0. The van der Waals surface area contributed by atoms with Crippen molar-refractivity contribution in [1.82, 2.24) is 14.4 Å². The maximum Gasteiger partial charge on any atom is 0.316 e. The molecule has 2 aromatic heterocycles. The van der Waals surface area contributed by atoms with Gasteiger partial charge in [0.15, 0.2) is 0 Å². The molecule has 0 spiro atoms. The summed E-state index contributed by atoms with van der Waals surface area (Å²) in [5.74, 6) is 2.19. The molecule has 4 bridgehead atoms. The van der Waals surface area contributed by atoms with Crippen molar-refractivity contribution in [3.63, 3.8) is 0 Å². The van der Waals surface area contributed by atoms with Crippen LogP contribution < -0.4 is 9.80 Å². The molecule has 7 aromatic carbocycles. The van der Waals surface area contributed by atoms with Crippen molar-refractivity contribution >= 4 is 51.4 Å². The standard InChI is InChI=1S/C67H51BF2N5.Pt/c69-67(70,50-20-13-21-54(41-50)73-44-74(61-27-10-9-26-60(61)73)65-55(47-16-3-1-4-17-47)23-14-24-56(65)48-18-5-2-6-19-48)51-29-30-58-57-22-7-8-25-59(57)75(62(58)42-51)64-43-49(31-33-71-64)66(52-37-45-36-46(39-52)40-53(66)38-45)63-28-15-35-72-34-12-11-32-68(63)72;/h1-35,43-46,52-53H,36-40H2;/q-3;. The molecule has 0 saturated heterocycles. The zero-order valence-corrected chi connectivity index (χ0v) is 43.9. The van der Waals surface area contributed by atoms with E-state index in [1.165, 1.54) is 49.2 Å². The van der Waals surface area contributed by atoms with E-state index in [1.807, 2.05) is 72.4 Å². The third-order valence-corrected chi connectivity index (χ3v) is 17.6. The van der Waals surface area contributed by atoms with E-state index in [0.29, 0.717) is 23.0 Å². The van der Waals surface area contributed by atoms with Crippen molar-refractivity contribution in [2.24, 2.45) is 23.7 Å². The Morgan fingerprint density at radius 1 is 0.605 bits per heavy atom. The first-order chi connectivity index (χ1) is 36.9. The minimum absolute atomic E-state index is 0. The minimum Gasteiger partial charge on any atom is -0.493 e. The van der Waals surface area contributed by atoms with E-state index >= 15 is 8.78 Å². The molecule has 0 atom stereocenters. The molecule has 4 fully saturated rings. The fraction of sp³-hybridized carbons (Fsp3) is 0.164. The summed E-state index contributed by atoms with van der Waals surface area (Å²) in [6.07, 6.45) is 21.6. The zero-order chi connectivity index (χ0) is 49.8. The van der Waals surface area contributed by atoms with Gasteiger partial charge in [-0.05, 0) is 133 Å². The molecule has 0 N–H and O–H groups in total. The topological polar surface area (TPSA) is 27.5 Å². The van der Waals surface area contributed by atoms with E-state index in [-0.39, 0.29) is 44.5 Å². The van der Waals surface area contributed by atoms with E-state index in [0.717, 1.165) is 73.3 Å². The van der Waals surface area contributed by atoms with Crippen molar-refractivity contribution in [2.75, 3.05) is 9.80 Å². The second-order valence-corrected chi connectivity index (χ2v) is 21.4. The second kappa shape index (κ2) is 18.3. The molecule has 5 heterocycles. The molecule has 76 heavy (non-hydrogen) atoms. The number of allylic oxidation sites excluding steroid dienone is 5. The van der Waals surface area contributed by atoms with Crippen molar-refractivity contribution in [2.45, 2.75) is 43.4 Å². The Hall–Kier alpha value is -7.54. The van der Waals surface area contributed by atoms with Crippen molar-refractivity contribution in [3.05, 3.63) is 260 Å². The van der Waals surface area contributed by atoms with Gasteiger partial charge in [-0.1, -0.05) is 149 Å². The number of hydrogen-bond donors (Lipinski definition) is 0. The molecule has 0 unspecified atom stereocenters. The van der Waals surface area contributed by atoms with Crippen LogP contribution in [-0.4, -0.2) is 21.2 Å². The van der Waals surface area contributed by atoms with Gasteiger partial charge in [0.05, 0.1) is 0 Å². The molecule has 9 aromatic rings. The smallest absolute Gasteiger partial charge is 0.316 e. The van der Waals surface area contributed by atoms with E-state index in [4.69, 9.17) is 4.98 Å². The first-order valence-electron chi connectivity index (χ1n) is 26.5. The Morgan fingerprint density at radius 3 is 1.99 bits per heavy atom. The van der Waals surface area contributed by atoms with Crippen LogP contribution in [0.4, 0.5) is 31.5 Å².